The highest BCUT2D eigenvalue weighted by molar-refractivity contribution is 5.96. The highest BCUT2D eigenvalue weighted by Crippen LogP contribution is 2.63. The van der Waals surface area contributed by atoms with E-state index in [-0.39, 0.29) is 10.8 Å². The summed E-state index contributed by atoms with van der Waals surface area (Å²) in [5.74, 6) is 0. The van der Waals surface area contributed by atoms with E-state index in [1.807, 2.05) is 0 Å². The molecule has 0 atom stereocenters. The summed E-state index contributed by atoms with van der Waals surface area (Å²) in [4.78, 5) is 2.43. The van der Waals surface area contributed by atoms with Gasteiger partial charge >= 0.3 is 0 Å². The lowest BCUT2D eigenvalue weighted by Crippen LogP contribution is -2.25. The summed E-state index contributed by atoms with van der Waals surface area (Å²) in [7, 11) is 0. The fraction of sp³-hybridized carbons (Fsp3) is 0.0690. The largest absolute Gasteiger partial charge is 0.310 e. The van der Waals surface area contributed by atoms with Crippen LogP contribution in [0.4, 0.5) is 17.1 Å². The lowest BCUT2D eigenvalue weighted by Gasteiger charge is -2.30. The van der Waals surface area contributed by atoms with Crippen molar-refractivity contribution in [2.45, 2.75) is 24.7 Å². The predicted octanol–water partition coefficient (Wildman–Crippen LogP) is 15.1. The monoisotopic (exact) mass is 751 g/mol. The van der Waals surface area contributed by atoms with Crippen LogP contribution in [0.1, 0.15) is 47.2 Å². The van der Waals surface area contributed by atoms with Crippen LogP contribution in [0.25, 0.3) is 55.6 Å². The molecule has 0 radical (unpaired) electrons. The van der Waals surface area contributed by atoms with Gasteiger partial charge in [0.2, 0.25) is 0 Å². The molecule has 0 saturated carbocycles. The van der Waals surface area contributed by atoms with Crippen molar-refractivity contribution in [3.8, 4) is 55.6 Å². The van der Waals surface area contributed by atoms with Gasteiger partial charge in [-0.1, -0.05) is 184 Å². The zero-order chi connectivity index (χ0) is 39.3. The molecule has 278 valence electrons. The smallest absolute Gasteiger partial charge is 0.0725 e. The highest BCUT2D eigenvalue weighted by atomic mass is 15.1. The van der Waals surface area contributed by atoms with Gasteiger partial charge in [0.05, 0.1) is 5.41 Å². The number of benzene rings is 9. The summed E-state index contributed by atoms with van der Waals surface area (Å²) in [6.45, 7) is 4.72. The Morgan fingerprint density at radius 1 is 0.271 bits per heavy atom. The second-order valence-corrected chi connectivity index (χ2v) is 16.8. The quantitative estimate of drug-likeness (QED) is 0.169. The van der Waals surface area contributed by atoms with Gasteiger partial charge in [-0.3, -0.25) is 0 Å². The average Bonchev–Trinajstić information content (AvgIpc) is 3.85. The van der Waals surface area contributed by atoms with E-state index in [1.165, 1.54) is 89.0 Å². The minimum Gasteiger partial charge on any atom is -0.310 e. The normalized spacial score (nSPS) is 14.2. The standard InChI is InChI=1S/C58H41N/c1-57(2)51-23-10-6-19-45(51)49-33-32-44(37-56(49)57)59(42-30-27-39(28-31-42)38-15-4-3-5-16-38)43-18-14-17-40(35-43)41-29-34-55-50(36-41)48-22-9-13-26-54(48)58(55)52-24-11-7-20-46(52)47-21-8-12-25-53(47)58/h3-37H,1-2H3. The SMILES string of the molecule is CC1(C)c2ccccc2-c2ccc(N(c3ccc(-c4ccccc4)cc3)c3cccc(-c4ccc5c(c4)-c4ccccc4C54c5ccccc5-c5ccccc54)c3)cc21. The summed E-state index contributed by atoms with van der Waals surface area (Å²) in [6.07, 6.45) is 0. The Morgan fingerprint density at radius 3 is 1.37 bits per heavy atom. The van der Waals surface area contributed by atoms with E-state index < -0.39 is 0 Å². The Morgan fingerprint density at radius 2 is 0.712 bits per heavy atom. The van der Waals surface area contributed by atoms with Crippen LogP contribution in [0.3, 0.4) is 0 Å². The van der Waals surface area contributed by atoms with Crippen LogP contribution in [-0.4, -0.2) is 0 Å². The van der Waals surface area contributed by atoms with Crippen molar-refractivity contribution in [3.05, 3.63) is 246 Å². The van der Waals surface area contributed by atoms with Gasteiger partial charge in [-0.2, -0.15) is 0 Å². The molecular formula is C58H41N. The molecule has 0 aliphatic heterocycles. The predicted molar refractivity (Wildman–Crippen MR) is 246 cm³/mol. The summed E-state index contributed by atoms with van der Waals surface area (Å²) in [5, 5.41) is 0. The Labute approximate surface area is 346 Å². The molecule has 12 rings (SSSR count). The van der Waals surface area contributed by atoms with Crippen molar-refractivity contribution in [1.29, 1.82) is 0 Å². The minimum atomic E-state index is -0.344. The number of fused-ring (bicyclic) bond motifs is 13. The first-order chi connectivity index (χ1) is 29.0. The second kappa shape index (κ2) is 12.6. The van der Waals surface area contributed by atoms with Gasteiger partial charge in [0.1, 0.15) is 0 Å². The van der Waals surface area contributed by atoms with Gasteiger partial charge in [0.25, 0.3) is 0 Å². The van der Waals surface area contributed by atoms with Gasteiger partial charge in [0.15, 0.2) is 0 Å². The van der Waals surface area contributed by atoms with E-state index >= 15 is 0 Å². The van der Waals surface area contributed by atoms with Gasteiger partial charge in [-0.05, 0) is 131 Å². The molecule has 59 heavy (non-hydrogen) atoms. The molecule has 0 aromatic heterocycles. The summed E-state index contributed by atoms with van der Waals surface area (Å²) < 4.78 is 0. The number of anilines is 3. The molecule has 1 nitrogen and oxygen atoms in total. The molecule has 0 unspecified atom stereocenters. The molecule has 0 heterocycles. The molecular weight excluding hydrogens is 711 g/mol. The van der Waals surface area contributed by atoms with Crippen molar-refractivity contribution in [3.63, 3.8) is 0 Å². The van der Waals surface area contributed by atoms with Crippen LogP contribution in [0.5, 0.6) is 0 Å². The van der Waals surface area contributed by atoms with E-state index in [1.54, 1.807) is 0 Å². The number of hydrogen-bond acceptors (Lipinski definition) is 1. The molecule has 0 amide bonds. The first-order valence-electron chi connectivity index (χ1n) is 20.8. The Balaban J connectivity index is 1.01. The molecule has 3 aliphatic carbocycles. The van der Waals surface area contributed by atoms with Crippen LogP contribution in [0.2, 0.25) is 0 Å². The molecule has 3 aliphatic rings. The van der Waals surface area contributed by atoms with E-state index in [9.17, 15) is 0 Å². The van der Waals surface area contributed by atoms with Crippen LogP contribution in [0, 0.1) is 0 Å². The van der Waals surface area contributed by atoms with Crippen LogP contribution < -0.4 is 4.90 Å². The van der Waals surface area contributed by atoms with E-state index in [2.05, 4.69) is 231 Å². The molecule has 9 aromatic carbocycles. The third-order valence-electron chi connectivity index (χ3n) is 13.5. The molecule has 0 N–H and O–H groups in total. The number of rotatable bonds is 5. The van der Waals surface area contributed by atoms with E-state index in [0.717, 1.165) is 17.1 Å². The summed E-state index contributed by atoms with van der Waals surface area (Å²) in [6, 6.07) is 79.1. The van der Waals surface area contributed by atoms with Crippen molar-refractivity contribution < 1.29 is 0 Å². The Bertz CT molecular complexity index is 3090. The summed E-state index contributed by atoms with van der Waals surface area (Å²) in [5.41, 5.74) is 23.9. The minimum absolute atomic E-state index is 0.106. The van der Waals surface area contributed by atoms with Gasteiger partial charge < -0.3 is 4.90 Å². The molecule has 0 bridgehead atoms. The zero-order valence-electron chi connectivity index (χ0n) is 33.2. The van der Waals surface area contributed by atoms with Crippen LogP contribution in [0.15, 0.2) is 212 Å². The second-order valence-electron chi connectivity index (χ2n) is 16.8. The fourth-order valence-electron chi connectivity index (χ4n) is 10.8. The Kier molecular flexibility index (Phi) is 7.26. The van der Waals surface area contributed by atoms with Crippen LogP contribution in [-0.2, 0) is 10.8 Å². The first-order valence-corrected chi connectivity index (χ1v) is 20.8. The van der Waals surface area contributed by atoms with Gasteiger partial charge in [-0.15, -0.1) is 0 Å². The third kappa shape index (κ3) is 4.79. The molecule has 1 heteroatoms. The topological polar surface area (TPSA) is 3.24 Å². The van der Waals surface area contributed by atoms with Gasteiger partial charge in [0, 0.05) is 22.5 Å². The number of hydrogen-bond donors (Lipinski definition) is 0. The molecule has 1 spiro atoms. The maximum Gasteiger partial charge on any atom is 0.0725 e. The lowest BCUT2D eigenvalue weighted by molar-refractivity contribution is 0.660. The number of nitrogens with zero attached hydrogens (tertiary/aromatic N) is 1. The van der Waals surface area contributed by atoms with E-state index in [4.69, 9.17) is 0 Å². The lowest BCUT2D eigenvalue weighted by atomic mass is 9.70. The van der Waals surface area contributed by atoms with Crippen molar-refractivity contribution >= 4 is 17.1 Å². The first kappa shape index (κ1) is 33.9. The van der Waals surface area contributed by atoms with Gasteiger partial charge in [-0.25, -0.2) is 0 Å². The zero-order valence-corrected chi connectivity index (χ0v) is 33.2. The van der Waals surface area contributed by atoms with Crippen molar-refractivity contribution in [1.82, 2.24) is 0 Å². The fourth-order valence-corrected chi connectivity index (χ4v) is 10.8. The Hall–Kier alpha value is -7.22. The summed E-state index contributed by atoms with van der Waals surface area (Å²) >= 11 is 0. The van der Waals surface area contributed by atoms with E-state index in [0.29, 0.717) is 0 Å². The highest BCUT2D eigenvalue weighted by Gasteiger charge is 2.51. The molecule has 0 fully saturated rings. The maximum atomic E-state index is 2.44. The van der Waals surface area contributed by atoms with Crippen molar-refractivity contribution in [2.24, 2.45) is 0 Å². The third-order valence-corrected chi connectivity index (χ3v) is 13.5. The van der Waals surface area contributed by atoms with Crippen molar-refractivity contribution in [2.75, 3.05) is 4.90 Å². The molecule has 9 aromatic rings. The van der Waals surface area contributed by atoms with Crippen LogP contribution >= 0.6 is 0 Å². The molecule has 0 saturated heterocycles. The maximum absolute atomic E-state index is 2.44. The average molecular weight is 752 g/mol.